The van der Waals surface area contributed by atoms with Gasteiger partial charge in [-0.25, -0.2) is 4.79 Å². The van der Waals surface area contributed by atoms with Crippen LogP contribution in [0, 0.1) is 0 Å². The first-order chi connectivity index (χ1) is 14.0. The lowest BCUT2D eigenvalue weighted by molar-refractivity contribution is 0.0475. The number of rotatable bonds is 5. The Labute approximate surface area is 166 Å². The second-order valence-corrected chi connectivity index (χ2v) is 6.92. The number of para-hydroxylation sites is 1. The molecule has 2 aromatic rings. The van der Waals surface area contributed by atoms with Gasteiger partial charge in [-0.2, -0.15) is 0 Å². The highest BCUT2D eigenvalue weighted by atomic mass is 16.5. The molecule has 2 aromatic carbocycles. The Kier molecular flexibility index (Phi) is 4.85. The minimum absolute atomic E-state index is 0.0454. The number of carboxylic acid groups (broad SMARTS) is 1. The Balaban J connectivity index is 1.56. The van der Waals surface area contributed by atoms with Crippen molar-refractivity contribution >= 4 is 29.4 Å². The Morgan fingerprint density at radius 3 is 2.59 bits per heavy atom. The Hall–Kier alpha value is -3.52. The van der Waals surface area contributed by atoms with Gasteiger partial charge < -0.3 is 15.2 Å². The quantitative estimate of drug-likeness (QED) is 0.753. The van der Waals surface area contributed by atoms with Crippen LogP contribution < -0.4 is 5.32 Å². The summed E-state index contributed by atoms with van der Waals surface area (Å²) in [5, 5.41) is 11.8. The third-order valence-electron chi connectivity index (χ3n) is 5.05. The molecule has 0 radical (unpaired) electrons. The van der Waals surface area contributed by atoms with Crippen LogP contribution in [0.2, 0.25) is 0 Å². The van der Waals surface area contributed by atoms with E-state index in [0.29, 0.717) is 6.61 Å². The molecule has 2 heterocycles. The van der Waals surface area contributed by atoms with E-state index in [4.69, 9.17) is 4.74 Å². The molecule has 4 rings (SSSR count). The zero-order chi connectivity index (χ0) is 20.5. The van der Waals surface area contributed by atoms with Crippen molar-refractivity contribution in [3.63, 3.8) is 0 Å². The number of carbonyl (C=O) groups excluding carboxylic acids is 3. The number of fused-ring (bicyclic) bond motifs is 1. The van der Waals surface area contributed by atoms with E-state index in [1.54, 1.807) is 12.1 Å². The van der Waals surface area contributed by atoms with Gasteiger partial charge in [0.2, 0.25) is 0 Å². The topological polar surface area (TPSA) is 113 Å². The molecular weight excluding hydrogens is 376 g/mol. The molecule has 0 spiro atoms. The summed E-state index contributed by atoms with van der Waals surface area (Å²) >= 11 is 0. The summed E-state index contributed by atoms with van der Waals surface area (Å²) in [7, 11) is 0. The lowest BCUT2D eigenvalue weighted by atomic mass is 10.0. The molecule has 3 amide bonds. The van der Waals surface area contributed by atoms with Crippen LogP contribution in [0.5, 0.6) is 0 Å². The lowest BCUT2D eigenvalue weighted by Gasteiger charge is -2.17. The summed E-state index contributed by atoms with van der Waals surface area (Å²) in [5.41, 5.74) is 0.663. The fraction of sp³-hybridized carbons (Fsp3) is 0.238. The van der Waals surface area contributed by atoms with Crippen molar-refractivity contribution in [2.24, 2.45) is 0 Å². The molecular formula is C21H18N2O6. The van der Waals surface area contributed by atoms with Crippen LogP contribution in [0.4, 0.5) is 5.69 Å². The van der Waals surface area contributed by atoms with Crippen molar-refractivity contribution in [1.82, 2.24) is 4.90 Å². The molecule has 0 aliphatic carbocycles. The normalized spacial score (nSPS) is 18.1. The summed E-state index contributed by atoms with van der Waals surface area (Å²) < 4.78 is 5.51. The molecule has 2 N–H and O–H groups in total. The van der Waals surface area contributed by atoms with E-state index < -0.39 is 23.7 Å². The van der Waals surface area contributed by atoms with Gasteiger partial charge in [-0.3, -0.25) is 19.3 Å². The standard InChI is InChI=1S/C21H18N2O6/c24-18(22-17-6-2-1-5-15(17)21(27)28)12-7-8-14-16(10-12)20(26)23(19(14)25)11-13-4-3-9-29-13/h1-2,5-8,10,13H,3-4,9,11H2,(H,22,24)(H,27,28). The minimum Gasteiger partial charge on any atom is -0.478 e. The van der Waals surface area contributed by atoms with Crippen molar-refractivity contribution in [3.8, 4) is 0 Å². The van der Waals surface area contributed by atoms with E-state index >= 15 is 0 Å². The number of benzene rings is 2. The average Bonchev–Trinajstić information content (AvgIpc) is 3.31. The molecule has 1 unspecified atom stereocenters. The van der Waals surface area contributed by atoms with Crippen LogP contribution >= 0.6 is 0 Å². The third-order valence-corrected chi connectivity index (χ3v) is 5.05. The molecule has 1 fully saturated rings. The van der Waals surface area contributed by atoms with Crippen LogP contribution in [0.3, 0.4) is 0 Å². The number of carboxylic acids is 1. The third kappa shape index (κ3) is 3.50. The van der Waals surface area contributed by atoms with Crippen LogP contribution in [0.25, 0.3) is 0 Å². The molecule has 29 heavy (non-hydrogen) atoms. The van der Waals surface area contributed by atoms with Crippen molar-refractivity contribution in [3.05, 3.63) is 64.7 Å². The zero-order valence-electron chi connectivity index (χ0n) is 15.4. The maximum absolute atomic E-state index is 12.7. The van der Waals surface area contributed by atoms with Gasteiger partial charge in [-0.1, -0.05) is 12.1 Å². The monoisotopic (exact) mass is 394 g/mol. The number of hydrogen-bond acceptors (Lipinski definition) is 5. The average molecular weight is 394 g/mol. The SMILES string of the molecule is O=C(Nc1ccccc1C(=O)O)c1ccc2c(c1)C(=O)N(CC1CCCO1)C2=O. The molecule has 1 saturated heterocycles. The first-order valence-corrected chi connectivity index (χ1v) is 9.21. The number of aromatic carboxylic acids is 1. The molecule has 0 bridgehead atoms. The van der Waals surface area contributed by atoms with Crippen molar-refractivity contribution in [2.45, 2.75) is 18.9 Å². The number of imide groups is 1. The number of hydrogen-bond donors (Lipinski definition) is 2. The fourth-order valence-corrected chi connectivity index (χ4v) is 3.56. The highest BCUT2D eigenvalue weighted by Gasteiger charge is 2.38. The summed E-state index contributed by atoms with van der Waals surface area (Å²) in [6, 6.07) is 10.3. The first kappa shape index (κ1) is 18.8. The highest BCUT2D eigenvalue weighted by Crippen LogP contribution is 2.26. The summed E-state index contributed by atoms with van der Waals surface area (Å²) in [6.45, 7) is 0.815. The molecule has 2 aliphatic heterocycles. The Morgan fingerprint density at radius 2 is 1.86 bits per heavy atom. The van der Waals surface area contributed by atoms with Gasteiger partial charge >= 0.3 is 5.97 Å². The smallest absolute Gasteiger partial charge is 0.337 e. The van der Waals surface area contributed by atoms with E-state index in [2.05, 4.69) is 5.32 Å². The molecule has 8 nitrogen and oxygen atoms in total. The van der Waals surface area contributed by atoms with E-state index in [0.717, 1.165) is 17.7 Å². The second kappa shape index (κ2) is 7.48. The van der Waals surface area contributed by atoms with Gasteiger partial charge in [0.05, 0.1) is 35.0 Å². The maximum Gasteiger partial charge on any atom is 0.337 e. The summed E-state index contributed by atoms with van der Waals surface area (Å²) in [6.07, 6.45) is 1.53. The van der Waals surface area contributed by atoms with Crippen LogP contribution in [0.15, 0.2) is 42.5 Å². The molecule has 1 atom stereocenters. The van der Waals surface area contributed by atoms with Crippen LogP contribution in [-0.2, 0) is 4.74 Å². The van der Waals surface area contributed by atoms with Gasteiger partial charge in [-0.15, -0.1) is 0 Å². The zero-order valence-corrected chi connectivity index (χ0v) is 15.4. The largest absolute Gasteiger partial charge is 0.478 e. The van der Waals surface area contributed by atoms with Crippen molar-refractivity contribution in [2.75, 3.05) is 18.5 Å². The van der Waals surface area contributed by atoms with E-state index in [1.165, 1.54) is 30.3 Å². The first-order valence-electron chi connectivity index (χ1n) is 9.21. The predicted octanol–water partition coefficient (Wildman–Crippen LogP) is 2.41. The lowest BCUT2D eigenvalue weighted by Crippen LogP contribution is -2.36. The minimum atomic E-state index is -1.17. The fourth-order valence-electron chi connectivity index (χ4n) is 3.56. The molecule has 148 valence electrons. The molecule has 0 saturated carbocycles. The van der Waals surface area contributed by atoms with Gasteiger partial charge in [0.25, 0.3) is 17.7 Å². The van der Waals surface area contributed by atoms with E-state index in [-0.39, 0.29) is 40.6 Å². The van der Waals surface area contributed by atoms with E-state index in [9.17, 15) is 24.3 Å². The Bertz CT molecular complexity index is 1030. The van der Waals surface area contributed by atoms with Gasteiger partial charge in [0.1, 0.15) is 0 Å². The number of nitrogens with one attached hydrogen (secondary N) is 1. The van der Waals surface area contributed by atoms with Crippen LogP contribution in [-0.4, -0.2) is 53.0 Å². The highest BCUT2D eigenvalue weighted by molar-refractivity contribution is 6.22. The Morgan fingerprint density at radius 1 is 1.10 bits per heavy atom. The van der Waals surface area contributed by atoms with E-state index in [1.807, 2.05) is 0 Å². The second-order valence-electron chi connectivity index (χ2n) is 6.92. The summed E-state index contributed by atoms with van der Waals surface area (Å²) in [5.74, 6) is -2.59. The van der Waals surface area contributed by atoms with Gasteiger partial charge in [0.15, 0.2) is 0 Å². The number of anilines is 1. The molecule has 0 aromatic heterocycles. The molecule has 8 heteroatoms. The molecule has 2 aliphatic rings. The van der Waals surface area contributed by atoms with Crippen molar-refractivity contribution in [1.29, 1.82) is 0 Å². The van der Waals surface area contributed by atoms with Crippen molar-refractivity contribution < 1.29 is 29.0 Å². The number of nitrogens with zero attached hydrogens (tertiary/aromatic N) is 1. The number of amides is 3. The van der Waals surface area contributed by atoms with Gasteiger partial charge in [-0.05, 0) is 43.2 Å². The predicted molar refractivity (Wildman–Crippen MR) is 102 cm³/mol. The van der Waals surface area contributed by atoms with Gasteiger partial charge in [0, 0.05) is 12.2 Å². The number of ether oxygens (including phenoxy) is 1. The number of carbonyl (C=O) groups is 4. The van der Waals surface area contributed by atoms with Crippen LogP contribution in [0.1, 0.15) is 54.3 Å². The maximum atomic E-state index is 12.7. The summed E-state index contributed by atoms with van der Waals surface area (Å²) in [4.78, 5) is 50.3.